The van der Waals surface area contributed by atoms with Crippen LogP contribution in [0.25, 0.3) is 0 Å². The largest absolute Gasteiger partial charge is 0.497 e. The van der Waals surface area contributed by atoms with Crippen molar-refractivity contribution in [2.75, 3.05) is 25.1 Å². The van der Waals surface area contributed by atoms with Crippen molar-refractivity contribution in [2.24, 2.45) is 5.92 Å². The molecule has 0 bridgehead atoms. The summed E-state index contributed by atoms with van der Waals surface area (Å²) in [4.78, 5) is 27.7. The predicted molar refractivity (Wildman–Crippen MR) is 105 cm³/mol. The molecule has 0 aliphatic carbocycles. The number of methoxy groups -OCH3 is 1. The van der Waals surface area contributed by atoms with Crippen LogP contribution in [-0.4, -0.2) is 48.1 Å². The lowest BCUT2D eigenvalue weighted by atomic mass is 9.90. The first-order valence-corrected chi connectivity index (χ1v) is 10.0. The topological polar surface area (TPSA) is 53.1 Å². The third kappa shape index (κ3) is 3.02. The minimum Gasteiger partial charge on any atom is -0.497 e. The summed E-state index contributed by atoms with van der Waals surface area (Å²) < 4.78 is 44.8. The van der Waals surface area contributed by atoms with Gasteiger partial charge in [0.2, 0.25) is 5.91 Å². The summed E-state index contributed by atoms with van der Waals surface area (Å²) in [5, 5.41) is 3.96. The molecule has 3 saturated heterocycles. The normalized spacial score (nSPS) is 26.5. The zero-order valence-corrected chi connectivity index (χ0v) is 16.7. The highest BCUT2D eigenvalue weighted by atomic mass is 19.4. The number of hydrazine groups is 1. The molecule has 5 rings (SSSR count). The molecular formula is C22H20F3N3O3. The van der Waals surface area contributed by atoms with Gasteiger partial charge in [-0.2, -0.15) is 13.2 Å². The lowest BCUT2D eigenvalue weighted by molar-refractivity contribution is -0.137. The summed E-state index contributed by atoms with van der Waals surface area (Å²) in [5.74, 6) is -0.950. The number of halogens is 3. The van der Waals surface area contributed by atoms with Crippen LogP contribution in [-0.2, 0) is 15.8 Å². The molecule has 3 heterocycles. The second-order valence-corrected chi connectivity index (χ2v) is 7.93. The molecule has 3 aliphatic rings. The Morgan fingerprint density at radius 1 is 0.935 bits per heavy atom. The third-order valence-electron chi connectivity index (χ3n) is 6.29. The SMILES string of the molecule is COc1ccc([C@H]2[C@@H]3C(=O)N(c4cccc(C(F)(F)F)c4)C(=O)[C@H]3N3CCCN23)cc1. The zero-order chi connectivity index (χ0) is 21.9. The summed E-state index contributed by atoms with van der Waals surface area (Å²) in [6.07, 6.45) is -3.71. The highest BCUT2D eigenvalue weighted by Crippen LogP contribution is 2.49. The van der Waals surface area contributed by atoms with Gasteiger partial charge in [-0.05, 0) is 42.3 Å². The van der Waals surface area contributed by atoms with Crippen LogP contribution < -0.4 is 9.64 Å². The molecule has 0 aromatic heterocycles. The third-order valence-corrected chi connectivity index (χ3v) is 6.29. The van der Waals surface area contributed by atoms with Crippen molar-refractivity contribution < 1.29 is 27.5 Å². The Labute approximate surface area is 176 Å². The first kappa shape index (κ1) is 20.0. The van der Waals surface area contributed by atoms with Gasteiger partial charge in [0.05, 0.1) is 30.3 Å². The van der Waals surface area contributed by atoms with Gasteiger partial charge in [-0.25, -0.2) is 14.9 Å². The maximum absolute atomic E-state index is 13.4. The summed E-state index contributed by atoms with van der Waals surface area (Å²) in [5.41, 5.74) is -0.0668. The molecule has 9 heteroatoms. The van der Waals surface area contributed by atoms with Crippen LogP contribution >= 0.6 is 0 Å². The quantitative estimate of drug-likeness (QED) is 0.699. The van der Waals surface area contributed by atoms with Crippen molar-refractivity contribution in [1.82, 2.24) is 10.0 Å². The maximum Gasteiger partial charge on any atom is 0.416 e. The number of imide groups is 1. The van der Waals surface area contributed by atoms with Crippen LogP contribution in [0.5, 0.6) is 5.75 Å². The van der Waals surface area contributed by atoms with E-state index in [-0.39, 0.29) is 11.7 Å². The van der Waals surface area contributed by atoms with Gasteiger partial charge in [-0.15, -0.1) is 0 Å². The van der Waals surface area contributed by atoms with Gasteiger partial charge < -0.3 is 4.74 Å². The number of hydrogen-bond donors (Lipinski definition) is 0. The van der Waals surface area contributed by atoms with E-state index in [9.17, 15) is 22.8 Å². The molecule has 0 radical (unpaired) electrons. The number of rotatable bonds is 3. The molecule has 0 N–H and O–H groups in total. The molecule has 2 amide bonds. The Morgan fingerprint density at radius 2 is 1.61 bits per heavy atom. The van der Waals surface area contributed by atoms with Crippen LogP contribution in [0.1, 0.15) is 23.6 Å². The van der Waals surface area contributed by atoms with E-state index >= 15 is 0 Å². The highest BCUT2D eigenvalue weighted by molar-refractivity contribution is 6.24. The van der Waals surface area contributed by atoms with Crippen LogP contribution in [0, 0.1) is 5.92 Å². The van der Waals surface area contributed by atoms with E-state index in [4.69, 9.17) is 4.74 Å². The number of alkyl halides is 3. The van der Waals surface area contributed by atoms with Gasteiger partial charge in [-0.3, -0.25) is 9.59 Å². The van der Waals surface area contributed by atoms with Crippen molar-refractivity contribution in [1.29, 1.82) is 0 Å². The number of carbonyl (C=O) groups excluding carboxylic acids is 2. The molecule has 3 atom stereocenters. The Balaban J connectivity index is 1.55. The average Bonchev–Trinajstić information content (AvgIpc) is 3.40. The fourth-order valence-corrected chi connectivity index (χ4v) is 4.99. The molecule has 3 aliphatic heterocycles. The smallest absolute Gasteiger partial charge is 0.416 e. The van der Waals surface area contributed by atoms with Crippen LogP contribution in [0.3, 0.4) is 0 Å². The number of nitrogens with zero attached hydrogens (tertiary/aromatic N) is 3. The fourth-order valence-electron chi connectivity index (χ4n) is 4.99. The van der Waals surface area contributed by atoms with Gasteiger partial charge in [0.25, 0.3) is 5.91 Å². The van der Waals surface area contributed by atoms with E-state index in [0.29, 0.717) is 18.8 Å². The lowest BCUT2D eigenvalue weighted by Crippen LogP contribution is -2.44. The van der Waals surface area contributed by atoms with E-state index in [1.165, 1.54) is 12.1 Å². The Bertz CT molecular complexity index is 1040. The predicted octanol–water partition coefficient (Wildman–Crippen LogP) is 3.25. The first-order valence-electron chi connectivity index (χ1n) is 10.0. The monoisotopic (exact) mass is 431 g/mol. The molecule has 31 heavy (non-hydrogen) atoms. The van der Waals surface area contributed by atoms with E-state index in [2.05, 4.69) is 5.01 Å². The Morgan fingerprint density at radius 3 is 2.26 bits per heavy atom. The van der Waals surface area contributed by atoms with Crippen molar-refractivity contribution in [3.63, 3.8) is 0 Å². The molecule has 0 saturated carbocycles. The van der Waals surface area contributed by atoms with Crippen molar-refractivity contribution in [3.8, 4) is 5.75 Å². The van der Waals surface area contributed by atoms with Crippen molar-refractivity contribution >= 4 is 17.5 Å². The average molecular weight is 431 g/mol. The number of ether oxygens (including phenoxy) is 1. The zero-order valence-electron chi connectivity index (χ0n) is 16.7. The standard InChI is InChI=1S/C22H20F3N3O3/c1-31-16-8-6-13(7-9-16)18-17-19(27-11-3-10-26(18)27)21(30)28(20(17)29)15-5-2-4-14(12-15)22(23,24)25/h2,4-9,12,17-19H,3,10-11H2,1H3/t17-,18-,19-/m0/s1. The second kappa shape index (κ2) is 7.06. The fraction of sp³-hybridized carbons (Fsp3) is 0.364. The van der Waals surface area contributed by atoms with Gasteiger partial charge in [-0.1, -0.05) is 18.2 Å². The van der Waals surface area contributed by atoms with Crippen LogP contribution in [0.2, 0.25) is 0 Å². The summed E-state index contributed by atoms with van der Waals surface area (Å²) in [6.45, 7) is 1.34. The van der Waals surface area contributed by atoms with Gasteiger partial charge >= 0.3 is 6.18 Å². The molecule has 2 aromatic carbocycles. The summed E-state index contributed by atoms with van der Waals surface area (Å²) in [7, 11) is 1.56. The minimum absolute atomic E-state index is 0.0431. The van der Waals surface area contributed by atoms with Crippen LogP contribution in [0.15, 0.2) is 48.5 Å². The van der Waals surface area contributed by atoms with E-state index < -0.39 is 35.5 Å². The summed E-state index contributed by atoms with van der Waals surface area (Å²) in [6, 6.07) is 10.6. The molecule has 0 spiro atoms. The number of hydrogen-bond acceptors (Lipinski definition) is 5. The number of anilines is 1. The van der Waals surface area contributed by atoms with E-state index in [0.717, 1.165) is 29.0 Å². The Kier molecular flexibility index (Phi) is 4.56. The molecule has 3 fully saturated rings. The highest BCUT2D eigenvalue weighted by Gasteiger charge is 2.62. The molecular weight excluding hydrogens is 411 g/mol. The molecule has 2 aromatic rings. The maximum atomic E-state index is 13.4. The molecule has 0 unspecified atom stereocenters. The number of amides is 2. The molecule has 6 nitrogen and oxygen atoms in total. The van der Waals surface area contributed by atoms with Crippen molar-refractivity contribution in [3.05, 3.63) is 59.7 Å². The number of fused-ring (bicyclic) bond motifs is 3. The van der Waals surface area contributed by atoms with E-state index in [1.54, 1.807) is 19.2 Å². The minimum atomic E-state index is -4.56. The van der Waals surface area contributed by atoms with Gasteiger partial charge in [0.15, 0.2) is 0 Å². The lowest BCUT2D eigenvalue weighted by Gasteiger charge is -2.30. The number of benzene rings is 2. The van der Waals surface area contributed by atoms with Gasteiger partial charge in [0.1, 0.15) is 11.8 Å². The van der Waals surface area contributed by atoms with Crippen LogP contribution in [0.4, 0.5) is 18.9 Å². The van der Waals surface area contributed by atoms with E-state index in [1.807, 2.05) is 17.1 Å². The van der Waals surface area contributed by atoms with Crippen molar-refractivity contribution in [2.45, 2.75) is 24.7 Å². The Hall–Kier alpha value is -2.91. The first-order chi connectivity index (χ1) is 14.8. The second-order valence-electron chi connectivity index (χ2n) is 7.93. The molecule has 162 valence electrons. The summed E-state index contributed by atoms with van der Waals surface area (Å²) >= 11 is 0. The van der Waals surface area contributed by atoms with Gasteiger partial charge in [0, 0.05) is 13.1 Å². The number of carbonyl (C=O) groups is 2.